The molecule has 0 aliphatic rings. The smallest absolute Gasteiger partial charge is 0.185 e. The van der Waals surface area contributed by atoms with Crippen LogP contribution in [0.5, 0.6) is 0 Å². The SMILES string of the molecule is C/C=C\[B]/C(C(=N)N)=C(\C)CC. The van der Waals surface area contributed by atoms with E-state index >= 15 is 0 Å². The van der Waals surface area contributed by atoms with Crippen LogP contribution in [0.2, 0.25) is 0 Å². The molecule has 0 aliphatic carbocycles. The third-order valence-electron chi connectivity index (χ3n) is 1.74. The zero-order valence-electron chi connectivity index (χ0n) is 8.02. The molecular weight excluding hydrogens is 147 g/mol. The van der Waals surface area contributed by atoms with E-state index in [1.165, 1.54) is 0 Å². The lowest BCUT2D eigenvalue weighted by molar-refractivity contribution is 1.09. The molecule has 2 nitrogen and oxygen atoms in total. The maximum atomic E-state index is 7.32. The van der Waals surface area contributed by atoms with Crippen LogP contribution in [0.4, 0.5) is 0 Å². The highest BCUT2D eigenvalue weighted by molar-refractivity contribution is 6.59. The molecule has 0 saturated heterocycles. The number of rotatable bonds is 4. The fourth-order valence-corrected chi connectivity index (χ4v) is 0.845. The number of nitrogens with two attached hydrogens (primary N) is 1. The Labute approximate surface area is 75.3 Å². The summed E-state index contributed by atoms with van der Waals surface area (Å²) in [5.41, 5.74) is 7.41. The maximum Gasteiger partial charge on any atom is 0.185 e. The molecule has 0 bridgehead atoms. The predicted molar refractivity (Wildman–Crippen MR) is 55.5 cm³/mol. The molecule has 0 aromatic rings. The molecule has 0 aliphatic heterocycles. The highest BCUT2D eigenvalue weighted by Crippen LogP contribution is 2.06. The van der Waals surface area contributed by atoms with Gasteiger partial charge in [-0.2, -0.15) is 0 Å². The van der Waals surface area contributed by atoms with Gasteiger partial charge in [0.05, 0.1) is 0 Å². The Morgan fingerprint density at radius 2 is 2.17 bits per heavy atom. The van der Waals surface area contributed by atoms with E-state index in [1.807, 2.05) is 33.2 Å². The number of hydrogen-bond donors (Lipinski definition) is 2. The third-order valence-corrected chi connectivity index (χ3v) is 1.74. The Kier molecular flexibility index (Phi) is 5.18. The molecule has 0 aromatic heterocycles. The molecule has 0 unspecified atom stereocenters. The van der Waals surface area contributed by atoms with Crippen LogP contribution in [0, 0.1) is 5.41 Å². The van der Waals surface area contributed by atoms with Gasteiger partial charge in [0.1, 0.15) is 5.84 Å². The van der Waals surface area contributed by atoms with Crippen LogP contribution in [-0.2, 0) is 0 Å². The van der Waals surface area contributed by atoms with Gasteiger partial charge in [0.2, 0.25) is 0 Å². The van der Waals surface area contributed by atoms with Crippen molar-refractivity contribution in [2.45, 2.75) is 27.2 Å². The van der Waals surface area contributed by atoms with Gasteiger partial charge in [0.25, 0.3) is 0 Å². The average Bonchev–Trinajstić information content (AvgIpc) is 2.04. The van der Waals surface area contributed by atoms with Crippen molar-refractivity contribution in [1.29, 1.82) is 5.41 Å². The van der Waals surface area contributed by atoms with Gasteiger partial charge >= 0.3 is 0 Å². The average molecular weight is 163 g/mol. The van der Waals surface area contributed by atoms with Gasteiger partial charge in [-0.25, -0.2) is 0 Å². The molecule has 3 N–H and O–H groups in total. The van der Waals surface area contributed by atoms with Gasteiger partial charge < -0.3 is 5.73 Å². The normalized spacial score (nSPS) is 12.9. The van der Waals surface area contributed by atoms with E-state index in [-0.39, 0.29) is 5.84 Å². The predicted octanol–water partition coefficient (Wildman–Crippen LogP) is 1.84. The van der Waals surface area contributed by atoms with E-state index in [2.05, 4.69) is 6.92 Å². The molecule has 12 heavy (non-hydrogen) atoms. The van der Waals surface area contributed by atoms with E-state index in [0.717, 1.165) is 17.5 Å². The zero-order chi connectivity index (χ0) is 9.56. The van der Waals surface area contributed by atoms with E-state index in [0.29, 0.717) is 0 Å². The quantitative estimate of drug-likeness (QED) is 0.370. The summed E-state index contributed by atoms with van der Waals surface area (Å²) in [7, 11) is 1.88. The second-order valence-corrected chi connectivity index (χ2v) is 2.65. The third kappa shape index (κ3) is 3.42. The van der Waals surface area contributed by atoms with Crippen LogP contribution in [-0.4, -0.2) is 13.1 Å². The van der Waals surface area contributed by atoms with Crippen molar-refractivity contribution in [2.75, 3.05) is 0 Å². The lowest BCUT2D eigenvalue weighted by Gasteiger charge is -2.05. The van der Waals surface area contributed by atoms with Gasteiger partial charge in [0.15, 0.2) is 7.28 Å². The largest absolute Gasteiger partial charge is 0.385 e. The summed E-state index contributed by atoms with van der Waals surface area (Å²) in [5.74, 6) is 2.04. The molecule has 0 spiro atoms. The van der Waals surface area contributed by atoms with Crippen molar-refractivity contribution in [3.63, 3.8) is 0 Å². The molecule has 65 valence electrons. The zero-order valence-corrected chi connectivity index (χ0v) is 8.02. The maximum absolute atomic E-state index is 7.32. The molecule has 0 rings (SSSR count). The van der Waals surface area contributed by atoms with Gasteiger partial charge in [-0.15, -0.1) is 12.1 Å². The summed E-state index contributed by atoms with van der Waals surface area (Å²) in [6.07, 6.45) is 2.86. The topological polar surface area (TPSA) is 49.9 Å². The molecule has 0 atom stereocenters. The summed E-state index contributed by atoms with van der Waals surface area (Å²) < 4.78 is 0. The minimum atomic E-state index is 0.146. The van der Waals surface area contributed by atoms with Crippen molar-refractivity contribution in [3.05, 3.63) is 23.1 Å². The molecule has 0 saturated carbocycles. The van der Waals surface area contributed by atoms with Crippen molar-refractivity contribution in [1.82, 2.24) is 0 Å². The lowest BCUT2D eigenvalue weighted by Crippen LogP contribution is -2.18. The Morgan fingerprint density at radius 1 is 1.58 bits per heavy atom. The molecule has 1 radical (unpaired) electrons. The van der Waals surface area contributed by atoms with Gasteiger partial charge in [0, 0.05) is 0 Å². The lowest BCUT2D eigenvalue weighted by atomic mass is 9.66. The van der Waals surface area contributed by atoms with E-state index in [9.17, 15) is 0 Å². The van der Waals surface area contributed by atoms with Gasteiger partial charge in [-0.1, -0.05) is 12.5 Å². The van der Waals surface area contributed by atoms with Crippen molar-refractivity contribution < 1.29 is 0 Å². The molecule has 0 aromatic carbocycles. The van der Waals surface area contributed by atoms with E-state index in [4.69, 9.17) is 11.1 Å². The second kappa shape index (κ2) is 5.64. The number of allylic oxidation sites excluding steroid dienone is 2. The first kappa shape index (κ1) is 11.0. The van der Waals surface area contributed by atoms with Crippen molar-refractivity contribution >= 4 is 13.1 Å². The molecule has 3 heteroatoms. The Hall–Kier alpha value is -0.985. The second-order valence-electron chi connectivity index (χ2n) is 2.65. The standard InChI is InChI=1S/C9H16BN2/c1-4-6-10-8(9(11)12)7(3)5-2/h4,6H,5H2,1-3H3,(H3,11,12)/b6-4-,8-7+. The Balaban J connectivity index is 4.54. The van der Waals surface area contributed by atoms with Crippen LogP contribution < -0.4 is 5.73 Å². The summed E-state index contributed by atoms with van der Waals surface area (Å²) in [6, 6.07) is 0. The summed E-state index contributed by atoms with van der Waals surface area (Å²) >= 11 is 0. The first-order valence-electron chi connectivity index (χ1n) is 4.13. The molecular formula is C9H16BN2. The van der Waals surface area contributed by atoms with Gasteiger partial charge in [-0.05, 0) is 25.7 Å². The highest BCUT2D eigenvalue weighted by Gasteiger charge is 2.03. The Bertz CT molecular complexity index is 217. The summed E-state index contributed by atoms with van der Waals surface area (Å²) in [5, 5.41) is 7.32. The Morgan fingerprint density at radius 3 is 2.50 bits per heavy atom. The van der Waals surface area contributed by atoms with Crippen LogP contribution >= 0.6 is 0 Å². The van der Waals surface area contributed by atoms with Crippen LogP contribution in [0.25, 0.3) is 0 Å². The number of hydrogen-bond acceptors (Lipinski definition) is 1. The first-order valence-corrected chi connectivity index (χ1v) is 4.13. The minimum absolute atomic E-state index is 0.146. The van der Waals surface area contributed by atoms with Crippen LogP contribution in [0.1, 0.15) is 27.2 Å². The monoisotopic (exact) mass is 163 g/mol. The highest BCUT2D eigenvalue weighted by atomic mass is 14.7. The number of nitrogens with one attached hydrogen (secondary N) is 1. The first-order chi connectivity index (χ1) is 5.63. The summed E-state index contributed by atoms with van der Waals surface area (Å²) in [6.45, 7) is 5.99. The van der Waals surface area contributed by atoms with E-state index < -0.39 is 0 Å². The molecule has 0 heterocycles. The van der Waals surface area contributed by atoms with Crippen molar-refractivity contribution in [3.8, 4) is 0 Å². The van der Waals surface area contributed by atoms with Crippen LogP contribution in [0.15, 0.2) is 23.1 Å². The fraction of sp³-hybridized carbons (Fsp3) is 0.444. The van der Waals surface area contributed by atoms with Crippen molar-refractivity contribution in [2.24, 2.45) is 5.73 Å². The minimum Gasteiger partial charge on any atom is -0.385 e. The van der Waals surface area contributed by atoms with E-state index in [1.54, 1.807) is 0 Å². The number of amidine groups is 1. The molecule has 0 amide bonds. The molecule has 0 fully saturated rings. The van der Waals surface area contributed by atoms with Gasteiger partial charge in [-0.3, -0.25) is 5.41 Å². The van der Waals surface area contributed by atoms with Crippen LogP contribution in [0.3, 0.4) is 0 Å². The summed E-state index contributed by atoms with van der Waals surface area (Å²) in [4.78, 5) is 0. The fourth-order valence-electron chi connectivity index (χ4n) is 0.845.